The first-order chi connectivity index (χ1) is 17.8. The Morgan fingerprint density at radius 1 is 0.865 bits per heavy atom. The van der Waals surface area contributed by atoms with Gasteiger partial charge in [0, 0.05) is 19.6 Å². The molecule has 6 heteroatoms. The van der Waals surface area contributed by atoms with E-state index < -0.39 is 17.6 Å². The molecular formula is C31H30F5N. The number of likely N-dealkylation sites (tertiary alicyclic amines) is 1. The van der Waals surface area contributed by atoms with Gasteiger partial charge in [0.1, 0.15) is 5.82 Å². The smallest absolute Gasteiger partial charge is 0.303 e. The lowest BCUT2D eigenvalue weighted by Gasteiger charge is -2.39. The Kier molecular flexibility index (Phi) is 7.47. The van der Waals surface area contributed by atoms with Gasteiger partial charge < -0.3 is 4.90 Å². The van der Waals surface area contributed by atoms with Gasteiger partial charge in [-0.3, -0.25) is 4.39 Å². The maximum atomic E-state index is 14.0. The molecule has 0 amide bonds. The SMILES string of the molecule is FCCCN1CC(Cc2ccc(C3=C(c4ccc(F)cc4C(F)(F)F)CCCc4ccccc43)cc2)C1. The summed E-state index contributed by atoms with van der Waals surface area (Å²) in [5.41, 5.74) is 4.60. The summed E-state index contributed by atoms with van der Waals surface area (Å²) in [6.45, 7) is 2.45. The van der Waals surface area contributed by atoms with Crippen LogP contribution < -0.4 is 0 Å². The maximum absolute atomic E-state index is 14.0. The van der Waals surface area contributed by atoms with E-state index >= 15 is 0 Å². The summed E-state index contributed by atoms with van der Waals surface area (Å²) in [6.07, 6.45) is -1.22. The molecule has 1 saturated heterocycles. The lowest BCUT2D eigenvalue weighted by Crippen LogP contribution is -2.47. The Morgan fingerprint density at radius 2 is 1.62 bits per heavy atom. The summed E-state index contributed by atoms with van der Waals surface area (Å²) in [7, 11) is 0. The van der Waals surface area contributed by atoms with E-state index in [0.717, 1.165) is 60.8 Å². The third kappa shape index (κ3) is 5.64. The molecule has 3 aromatic carbocycles. The standard InChI is InChI=1S/C31H30F5N/c32-15-4-16-37-19-22(20-37)17-21-9-11-24(12-10-21)30-26-7-2-1-5-23(26)6-3-8-28(30)27-14-13-25(33)18-29(27)31(34,35)36/h1-2,5,7,9-14,18,22H,3-4,6,8,15-17,19-20H2. The minimum absolute atomic E-state index is 0.0486. The van der Waals surface area contributed by atoms with Gasteiger partial charge in [0.25, 0.3) is 0 Å². The van der Waals surface area contributed by atoms with E-state index in [1.54, 1.807) is 0 Å². The predicted octanol–water partition coefficient (Wildman–Crippen LogP) is 7.97. The molecule has 0 unspecified atom stereocenters. The number of benzene rings is 3. The Labute approximate surface area is 214 Å². The van der Waals surface area contributed by atoms with Crippen LogP contribution in [0.1, 0.15) is 52.6 Å². The van der Waals surface area contributed by atoms with Crippen molar-refractivity contribution in [2.24, 2.45) is 5.92 Å². The normalized spacial score (nSPS) is 16.9. The zero-order chi connectivity index (χ0) is 26.0. The lowest BCUT2D eigenvalue weighted by molar-refractivity contribution is -0.138. The van der Waals surface area contributed by atoms with Crippen LogP contribution in [0.15, 0.2) is 66.7 Å². The summed E-state index contributed by atoms with van der Waals surface area (Å²) in [6, 6.07) is 19.0. The molecule has 1 fully saturated rings. The second-order valence-electron chi connectivity index (χ2n) is 10.1. The second kappa shape index (κ2) is 10.8. The molecule has 1 heterocycles. The van der Waals surface area contributed by atoms with Crippen LogP contribution in [0.5, 0.6) is 0 Å². The molecular weight excluding hydrogens is 481 g/mol. The van der Waals surface area contributed by atoms with E-state index in [9.17, 15) is 22.0 Å². The van der Waals surface area contributed by atoms with Crippen molar-refractivity contribution in [3.8, 4) is 0 Å². The van der Waals surface area contributed by atoms with Gasteiger partial charge in [-0.15, -0.1) is 0 Å². The van der Waals surface area contributed by atoms with E-state index in [2.05, 4.69) is 17.0 Å². The lowest BCUT2D eigenvalue weighted by atomic mass is 9.85. The number of hydrogen-bond acceptors (Lipinski definition) is 1. The van der Waals surface area contributed by atoms with E-state index in [4.69, 9.17) is 0 Å². The van der Waals surface area contributed by atoms with Crippen molar-refractivity contribution >= 4 is 11.1 Å². The van der Waals surface area contributed by atoms with Crippen molar-refractivity contribution in [3.63, 3.8) is 0 Å². The second-order valence-corrected chi connectivity index (χ2v) is 10.1. The largest absolute Gasteiger partial charge is 0.417 e. The molecule has 5 rings (SSSR count). The molecule has 0 radical (unpaired) electrons. The van der Waals surface area contributed by atoms with Crippen LogP contribution in [0.3, 0.4) is 0 Å². The fourth-order valence-corrected chi connectivity index (χ4v) is 5.75. The first-order valence-electron chi connectivity index (χ1n) is 12.9. The van der Waals surface area contributed by atoms with Crippen LogP contribution in [0, 0.1) is 11.7 Å². The first kappa shape index (κ1) is 25.7. The first-order valence-corrected chi connectivity index (χ1v) is 12.9. The van der Waals surface area contributed by atoms with Crippen molar-refractivity contribution in [1.82, 2.24) is 4.90 Å². The van der Waals surface area contributed by atoms with Gasteiger partial charge in [-0.1, -0.05) is 54.6 Å². The molecule has 3 aromatic rings. The van der Waals surface area contributed by atoms with Crippen LogP contribution in [0.25, 0.3) is 11.1 Å². The molecule has 1 aliphatic heterocycles. The third-order valence-corrected chi connectivity index (χ3v) is 7.48. The molecule has 1 aliphatic carbocycles. The van der Waals surface area contributed by atoms with E-state index in [1.807, 2.05) is 36.4 Å². The van der Waals surface area contributed by atoms with E-state index in [1.165, 1.54) is 11.6 Å². The minimum atomic E-state index is -4.66. The Balaban J connectivity index is 1.53. The summed E-state index contributed by atoms with van der Waals surface area (Å²) in [5, 5.41) is 0. The molecule has 2 aliphatic rings. The molecule has 0 spiro atoms. The van der Waals surface area contributed by atoms with Crippen LogP contribution in [0.2, 0.25) is 0 Å². The van der Waals surface area contributed by atoms with Gasteiger partial charge in [-0.2, -0.15) is 13.2 Å². The highest BCUT2D eigenvalue weighted by atomic mass is 19.4. The average molecular weight is 512 g/mol. The number of halogens is 5. The average Bonchev–Trinajstić information content (AvgIpc) is 3.05. The molecule has 0 atom stereocenters. The molecule has 0 aromatic heterocycles. The molecule has 0 saturated carbocycles. The Hall–Kier alpha value is -2.99. The molecule has 0 N–H and O–H groups in total. The van der Waals surface area contributed by atoms with Crippen LogP contribution in [-0.2, 0) is 19.0 Å². The van der Waals surface area contributed by atoms with Gasteiger partial charge in [0.15, 0.2) is 0 Å². The number of fused-ring (bicyclic) bond motifs is 1. The van der Waals surface area contributed by atoms with Crippen molar-refractivity contribution in [2.45, 2.75) is 38.3 Å². The van der Waals surface area contributed by atoms with E-state index in [0.29, 0.717) is 36.8 Å². The quantitative estimate of drug-likeness (QED) is 0.291. The number of nitrogens with zero attached hydrogens (tertiary/aromatic N) is 1. The molecule has 1 nitrogen and oxygen atoms in total. The fraction of sp³-hybridized carbons (Fsp3) is 0.355. The fourth-order valence-electron chi connectivity index (χ4n) is 5.75. The molecule has 0 bridgehead atoms. The van der Waals surface area contributed by atoms with Gasteiger partial charge in [-0.05, 0) is 89.1 Å². The molecule has 37 heavy (non-hydrogen) atoms. The van der Waals surface area contributed by atoms with Crippen LogP contribution in [0.4, 0.5) is 22.0 Å². The highest BCUT2D eigenvalue weighted by Crippen LogP contribution is 2.44. The summed E-state index contributed by atoms with van der Waals surface area (Å²) in [4.78, 5) is 2.26. The predicted molar refractivity (Wildman–Crippen MR) is 137 cm³/mol. The van der Waals surface area contributed by atoms with Crippen LogP contribution in [-0.4, -0.2) is 31.2 Å². The van der Waals surface area contributed by atoms with Gasteiger partial charge in [0.2, 0.25) is 0 Å². The van der Waals surface area contributed by atoms with Crippen molar-refractivity contribution < 1.29 is 22.0 Å². The number of alkyl halides is 4. The monoisotopic (exact) mass is 511 g/mol. The summed E-state index contributed by atoms with van der Waals surface area (Å²) < 4.78 is 68.3. The number of rotatable bonds is 7. The molecule has 194 valence electrons. The zero-order valence-electron chi connectivity index (χ0n) is 20.6. The van der Waals surface area contributed by atoms with Crippen molar-refractivity contribution in [1.29, 1.82) is 0 Å². The minimum Gasteiger partial charge on any atom is -0.303 e. The number of hydrogen-bond donors (Lipinski definition) is 0. The summed E-state index contributed by atoms with van der Waals surface area (Å²) in [5.74, 6) is -0.358. The van der Waals surface area contributed by atoms with Gasteiger partial charge >= 0.3 is 6.18 Å². The maximum Gasteiger partial charge on any atom is 0.417 e. The zero-order valence-corrected chi connectivity index (χ0v) is 20.6. The number of allylic oxidation sites excluding steroid dienone is 1. The van der Waals surface area contributed by atoms with Gasteiger partial charge in [0.05, 0.1) is 12.2 Å². The topological polar surface area (TPSA) is 3.24 Å². The summed E-state index contributed by atoms with van der Waals surface area (Å²) >= 11 is 0. The third-order valence-electron chi connectivity index (χ3n) is 7.48. The van der Waals surface area contributed by atoms with E-state index in [-0.39, 0.29) is 12.2 Å². The van der Waals surface area contributed by atoms with Crippen molar-refractivity contribution in [2.75, 3.05) is 26.3 Å². The Bertz CT molecular complexity index is 1270. The highest BCUT2D eigenvalue weighted by Gasteiger charge is 2.36. The van der Waals surface area contributed by atoms with Crippen LogP contribution >= 0.6 is 0 Å². The highest BCUT2D eigenvalue weighted by molar-refractivity contribution is 6.00. The van der Waals surface area contributed by atoms with Gasteiger partial charge in [-0.25, -0.2) is 4.39 Å². The Morgan fingerprint density at radius 3 is 2.35 bits per heavy atom. The van der Waals surface area contributed by atoms with Crippen molar-refractivity contribution in [3.05, 3.63) is 106 Å². The number of aryl methyl sites for hydroxylation is 1.